The van der Waals surface area contributed by atoms with Gasteiger partial charge in [-0.15, -0.1) is 0 Å². The van der Waals surface area contributed by atoms with E-state index in [1.807, 2.05) is 0 Å². The highest BCUT2D eigenvalue weighted by atomic mass is 16.5. The van der Waals surface area contributed by atoms with Crippen LogP contribution in [0.4, 0.5) is 0 Å². The fourth-order valence-corrected chi connectivity index (χ4v) is 5.53. The lowest BCUT2D eigenvalue weighted by atomic mass is 9.50. The minimum atomic E-state index is -0.138. The molecule has 0 heterocycles. The Morgan fingerprint density at radius 3 is 2.14 bits per heavy atom. The van der Waals surface area contributed by atoms with Gasteiger partial charge in [-0.1, -0.05) is 12.1 Å². The second-order valence-corrected chi connectivity index (χ2v) is 7.92. The molecule has 3 nitrogen and oxygen atoms in total. The quantitative estimate of drug-likeness (QED) is 0.863. The van der Waals surface area contributed by atoms with E-state index >= 15 is 0 Å². The van der Waals surface area contributed by atoms with Crippen molar-refractivity contribution in [3.63, 3.8) is 0 Å². The summed E-state index contributed by atoms with van der Waals surface area (Å²) in [6.45, 7) is 0.618. The molecule has 4 saturated carbocycles. The molecule has 0 aliphatic heterocycles. The van der Waals surface area contributed by atoms with E-state index in [0.717, 1.165) is 23.3 Å². The highest BCUT2D eigenvalue weighted by molar-refractivity contribution is 5.72. The summed E-state index contributed by atoms with van der Waals surface area (Å²) in [5, 5.41) is 9.27. The number of aromatic hydroxyl groups is 1. The summed E-state index contributed by atoms with van der Waals surface area (Å²) in [6.07, 6.45) is 8.36. The van der Waals surface area contributed by atoms with Crippen molar-refractivity contribution in [3.05, 3.63) is 29.8 Å². The molecule has 0 amide bonds. The van der Waals surface area contributed by atoms with Crippen LogP contribution in [-0.4, -0.2) is 17.7 Å². The summed E-state index contributed by atoms with van der Waals surface area (Å²) in [4.78, 5) is 12.1. The molecule has 1 aromatic rings. The van der Waals surface area contributed by atoms with Crippen LogP contribution in [0.5, 0.6) is 5.75 Å². The van der Waals surface area contributed by atoms with E-state index < -0.39 is 0 Å². The van der Waals surface area contributed by atoms with E-state index in [2.05, 4.69) is 0 Å². The van der Waals surface area contributed by atoms with Gasteiger partial charge in [0.05, 0.1) is 13.0 Å². The predicted molar refractivity (Wildman–Crippen MR) is 83.4 cm³/mol. The smallest absolute Gasteiger partial charge is 0.310 e. The van der Waals surface area contributed by atoms with Crippen LogP contribution in [0.25, 0.3) is 0 Å². The molecule has 4 aliphatic carbocycles. The van der Waals surface area contributed by atoms with Crippen molar-refractivity contribution in [2.24, 2.45) is 23.2 Å². The Bertz CT molecular complexity index is 525. The van der Waals surface area contributed by atoms with Crippen LogP contribution in [0, 0.1) is 23.2 Å². The number of rotatable bonds is 4. The number of hydrogen-bond acceptors (Lipinski definition) is 3. The van der Waals surface area contributed by atoms with Gasteiger partial charge >= 0.3 is 5.97 Å². The summed E-state index contributed by atoms with van der Waals surface area (Å²) in [7, 11) is 0. The average Bonchev–Trinajstić information content (AvgIpc) is 2.46. The SMILES string of the molecule is O=C(Cc1ccc(O)cc1)OCC12CC3CC(CC(C3)C1)C2. The molecule has 0 unspecified atom stereocenters. The fraction of sp³-hybridized carbons (Fsp3) is 0.632. The Balaban J connectivity index is 1.34. The van der Waals surface area contributed by atoms with E-state index in [9.17, 15) is 9.90 Å². The van der Waals surface area contributed by atoms with Gasteiger partial charge in [-0.05, 0) is 74.0 Å². The molecular weight excluding hydrogens is 276 g/mol. The van der Waals surface area contributed by atoms with E-state index in [4.69, 9.17) is 4.74 Å². The zero-order valence-electron chi connectivity index (χ0n) is 13.0. The first-order valence-electron chi connectivity index (χ1n) is 8.54. The normalized spacial score (nSPS) is 35.5. The number of esters is 1. The molecule has 0 atom stereocenters. The molecule has 1 N–H and O–H groups in total. The van der Waals surface area contributed by atoms with Crippen molar-refractivity contribution in [1.29, 1.82) is 0 Å². The third kappa shape index (κ3) is 2.73. The van der Waals surface area contributed by atoms with E-state index in [-0.39, 0.29) is 11.7 Å². The summed E-state index contributed by atoms with van der Waals surface area (Å²) >= 11 is 0. The summed E-state index contributed by atoms with van der Waals surface area (Å²) in [5.41, 5.74) is 1.19. The average molecular weight is 300 g/mol. The highest BCUT2D eigenvalue weighted by Crippen LogP contribution is 2.60. The Morgan fingerprint density at radius 2 is 1.59 bits per heavy atom. The maximum absolute atomic E-state index is 12.1. The minimum absolute atomic E-state index is 0.138. The largest absolute Gasteiger partial charge is 0.508 e. The van der Waals surface area contributed by atoms with E-state index in [0.29, 0.717) is 18.4 Å². The number of carbonyl (C=O) groups excluding carboxylic acids is 1. The van der Waals surface area contributed by atoms with Crippen LogP contribution in [-0.2, 0) is 16.0 Å². The Morgan fingerprint density at radius 1 is 1.05 bits per heavy atom. The van der Waals surface area contributed by atoms with Crippen LogP contribution in [0.1, 0.15) is 44.1 Å². The van der Waals surface area contributed by atoms with Gasteiger partial charge in [0.25, 0.3) is 0 Å². The van der Waals surface area contributed by atoms with Gasteiger partial charge in [0.2, 0.25) is 0 Å². The van der Waals surface area contributed by atoms with Crippen molar-refractivity contribution in [3.8, 4) is 5.75 Å². The van der Waals surface area contributed by atoms with Crippen LogP contribution in [0.3, 0.4) is 0 Å². The third-order valence-corrected chi connectivity index (χ3v) is 5.99. The lowest BCUT2D eigenvalue weighted by molar-refractivity contribution is -0.154. The number of ether oxygens (including phenoxy) is 1. The van der Waals surface area contributed by atoms with Crippen molar-refractivity contribution in [2.45, 2.75) is 44.9 Å². The Kier molecular flexibility index (Phi) is 3.39. The van der Waals surface area contributed by atoms with Crippen LogP contribution in [0.2, 0.25) is 0 Å². The van der Waals surface area contributed by atoms with Gasteiger partial charge in [0.1, 0.15) is 5.75 Å². The topological polar surface area (TPSA) is 46.5 Å². The summed E-state index contributed by atoms with van der Waals surface area (Å²) < 4.78 is 5.66. The van der Waals surface area contributed by atoms with Crippen molar-refractivity contribution < 1.29 is 14.6 Å². The van der Waals surface area contributed by atoms with Crippen molar-refractivity contribution in [2.75, 3.05) is 6.61 Å². The lowest BCUT2D eigenvalue weighted by Crippen LogP contribution is -2.48. The molecule has 0 spiro atoms. The second kappa shape index (κ2) is 5.29. The number of carbonyl (C=O) groups is 1. The van der Waals surface area contributed by atoms with Crippen molar-refractivity contribution in [1.82, 2.24) is 0 Å². The molecule has 0 saturated heterocycles. The fourth-order valence-electron chi connectivity index (χ4n) is 5.53. The van der Waals surface area contributed by atoms with Gasteiger partial charge in [-0.25, -0.2) is 0 Å². The standard InChI is InChI=1S/C19H24O3/c20-17-3-1-13(2-4-17)8-18(21)22-12-19-9-14-5-15(10-19)7-16(6-14)11-19/h1-4,14-16,20H,5-12H2. The number of hydrogen-bond donors (Lipinski definition) is 1. The molecule has 4 aliphatic rings. The Labute approximate surface area is 131 Å². The molecule has 4 bridgehead atoms. The van der Waals surface area contributed by atoms with E-state index in [1.165, 1.54) is 38.5 Å². The zero-order chi connectivity index (χ0) is 15.2. The third-order valence-electron chi connectivity index (χ3n) is 5.99. The predicted octanol–water partition coefficient (Wildman–Crippen LogP) is 3.69. The Hall–Kier alpha value is -1.51. The van der Waals surface area contributed by atoms with Gasteiger partial charge in [-0.2, -0.15) is 0 Å². The second-order valence-electron chi connectivity index (χ2n) is 7.92. The number of phenolic OH excluding ortho intramolecular Hbond substituents is 1. The van der Waals surface area contributed by atoms with Gasteiger partial charge in [-0.3, -0.25) is 4.79 Å². The van der Waals surface area contributed by atoms with Crippen LogP contribution in [0.15, 0.2) is 24.3 Å². The molecular formula is C19H24O3. The zero-order valence-corrected chi connectivity index (χ0v) is 13.0. The minimum Gasteiger partial charge on any atom is -0.508 e. The molecule has 0 aromatic heterocycles. The monoisotopic (exact) mass is 300 g/mol. The number of phenols is 1. The first-order chi connectivity index (χ1) is 10.6. The van der Waals surface area contributed by atoms with Crippen LogP contribution < -0.4 is 0 Å². The van der Waals surface area contributed by atoms with Gasteiger partial charge in [0, 0.05) is 5.41 Å². The number of benzene rings is 1. The summed E-state index contributed by atoms with van der Waals surface area (Å²) in [5.74, 6) is 2.76. The van der Waals surface area contributed by atoms with Gasteiger partial charge in [0.15, 0.2) is 0 Å². The molecule has 3 heteroatoms. The maximum Gasteiger partial charge on any atom is 0.310 e. The lowest BCUT2D eigenvalue weighted by Gasteiger charge is -2.56. The van der Waals surface area contributed by atoms with Crippen molar-refractivity contribution >= 4 is 5.97 Å². The molecule has 4 fully saturated rings. The van der Waals surface area contributed by atoms with E-state index in [1.54, 1.807) is 24.3 Å². The molecule has 1 aromatic carbocycles. The first-order valence-corrected chi connectivity index (χ1v) is 8.54. The van der Waals surface area contributed by atoms with Gasteiger partial charge < -0.3 is 9.84 Å². The molecule has 0 radical (unpaired) electrons. The maximum atomic E-state index is 12.1. The first kappa shape index (κ1) is 14.1. The highest BCUT2D eigenvalue weighted by Gasteiger charge is 2.51. The molecule has 5 rings (SSSR count). The molecule has 22 heavy (non-hydrogen) atoms. The molecule has 118 valence electrons. The summed E-state index contributed by atoms with van der Waals surface area (Å²) in [6, 6.07) is 6.78. The van der Waals surface area contributed by atoms with Crippen LogP contribution >= 0.6 is 0 Å².